The van der Waals surface area contributed by atoms with Gasteiger partial charge in [-0.1, -0.05) is 31.2 Å². The molecule has 2 N–H and O–H groups in total. The maximum absolute atomic E-state index is 12.5. The average Bonchev–Trinajstić information content (AvgIpc) is 2.54. The summed E-state index contributed by atoms with van der Waals surface area (Å²) < 4.78 is 0. The number of phenols is 2. The Balaban J connectivity index is 1.91. The smallest absolute Gasteiger partial charge is 0.172 e. The monoisotopic (exact) mass is 307 g/mol. The average molecular weight is 307 g/mol. The van der Waals surface area contributed by atoms with Gasteiger partial charge in [0.1, 0.15) is 11.5 Å². The standard InChI is InChI=1S/C19H17NO3/c1-2-12-9-15(19(23)11-17(12)21)18(22)10-14-8-7-13-5-3-4-6-16(13)20-14/h3-9,11,21,23H,2,10H2,1H3. The van der Waals surface area contributed by atoms with E-state index in [9.17, 15) is 15.0 Å². The van der Waals surface area contributed by atoms with Crippen LogP contribution < -0.4 is 0 Å². The van der Waals surface area contributed by atoms with Crippen molar-refractivity contribution in [2.24, 2.45) is 0 Å². The number of aryl methyl sites for hydroxylation is 1. The number of rotatable bonds is 4. The van der Waals surface area contributed by atoms with Crippen LogP contribution in [0, 0.1) is 0 Å². The number of carbonyl (C=O) groups excluding carboxylic acids is 1. The highest BCUT2D eigenvalue weighted by molar-refractivity contribution is 6.00. The molecule has 0 saturated carbocycles. The molecule has 1 heterocycles. The van der Waals surface area contributed by atoms with Gasteiger partial charge in [0, 0.05) is 17.1 Å². The first kappa shape index (κ1) is 15.0. The molecule has 0 saturated heterocycles. The van der Waals surface area contributed by atoms with Crippen molar-refractivity contribution in [3.8, 4) is 11.5 Å². The van der Waals surface area contributed by atoms with Crippen LogP contribution in [-0.2, 0) is 12.8 Å². The minimum Gasteiger partial charge on any atom is -0.508 e. The van der Waals surface area contributed by atoms with E-state index in [4.69, 9.17) is 0 Å². The number of ketones is 1. The van der Waals surface area contributed by atoms with Crippen LogP contribution >= 0.6 is 0 Å². The first-order chi connectivity index (χ1) is 11.1. The largest absolute Gasteiger partial charge is 0.508 e. The molecule has 2 aromatic carbocycles. The second kappa shape index (κ2) is 6.08. The fraction of sp³-hybridized carbons (Fsp3) is 0.158. The second-order valence-electron chi connectivity index (χ2n) is 5.45. The maximum Gasteiger partial charge on any atom is 0.172 e. The van der Waals surface area contributed by atoms with Crippen molar-refractivity contribution in [1.82, 2.24) is 4.98 Å². The Labute approximate surface area is 134 Å². The molecule has 1 aromatic heterocycles. The summed E-state index contributed by atoms with van der Waals surface area (Å²) >= 11 is 0. The van der Waals surface area contributed by atoms with E-state index in [1.165, 1.54) is 6.07 Å². The lowest BCUT2D eigenvalue weighted by atomic mass is 10.0. The van der Waals surface area contributed by atoms with E-state index in [-0.39, 0.29) is 29.3 Å². The summed E-state index contributed by atoms with van der Waals surface area (Å²) in [5.41, 5.74) is 2.34. The lowest BCUT2D eigenvalue weighted by Crippen LogP contribution is -2.06. The molecule has 0 amide bonds. The van der Waals surface area contributed by atoms with Crippen molar-refractivity contribution in [2.45, 2.75) is 19.8 Å². The molecule has 0 aliphatic rings. The van der Waals surface area contributed by atoms with E-state index in [1.807, 2.05) is 43.3 Å². The number of pyridine rings is 1. The lowest BCUT2D eigenvalue weighted by Gasteiger charge is -2.08. The minimum absolute atomic E-state index is 0.00498. The summed E-state index contributed by atoms with van der Waals surface area (Å²) in [6, 6.07) is 14.2. The predicted molar refractivity (Wildman–Crippen MR) is 88.9 cm³/mol. The number of aromatic nitrogens is 1. The fourth-order valence-corrected chi connectivity index (χ4v) is 2.60. The minimum atomic E-state index is -0.222. The van der Waals surface area contributed by atoms with E-state index < -0.39 is 0 Å². The van der Waals surface area contributed by atoms with Gasteiger partial charge in [-0.2, -0.15) is 0 Å². The highest BCUT2D eigenvalue weighted by atomic mass is 16.3. The van der Waals surface area contributed by atoms with E-state index in [0.29, 0.717) is 17.7 Å². The molecule has 0 radical (unpaired) electrons. The number of para-hydroxylation sites is 1. The van der Waals surface area contributed by atoms with Crippen molar-refractivity contribution in [3.05, 3.63) is 65.4 Å². The second-order valence-corrected chi connectivity index (χ2v) is 5.45. The lowest BCUT2D eigenvalue weighted by molar-refractivity contribution is 0.0989. The van der Waals surface area contributed by atoms with Crippen LogP contribution in [0.25, 0.3) is 10.9 Å². The van der Waals surface area contributed by atoms with Gasteiger partial charge in [-0.15, -0.1) is 0 Å². The molecule has 0 unspecified atom stereocenters. The van der Waals surface area contributed by atoms with Crippen LogP contribution in [0.1, 0.15) is 28.5 Å². The van der Waals surface area contributed by atoms with Crippen LogP contribution in [0.15, 0.2) is 48.5 Å². The summed E-state index contributed by atoms with van der Waals surface area (Å²) in [7, 11) is 0. The van der Waals surface area contributed by atoms with Gasteiger partial charge in [0.05, 0.1) is 17.5 Å². The van der Waals surface area contributed by atoms with E-state index >= 15 is 0 Å². The molecule has 0 bridgehead atoms. The number of phenolic OH excluding ortho intramolecular Hbond substituents is 2. The van der Waals surface area contributed by atoms with Gasteiger partial charge >= 0.3 is 0 Å². The third kappa shape index (κ3) is 3.01. The number of carbonyl (C=O) groups is 1. The van der Waals surface area contributed by atoms with E-state index in [0.717, 1.165) is 10.9 Å². The maximum atomic E-state index is 12.5. The first-order valence-corrected chi connectivity index (χ1v) is 7.51. The molecular weight excluding hydrogens is 290 g/mol. The highest BCUT2D eigenvalue weighted by Crippen LogP contribution is 2.28. The van der Waals surface area contributed by atoms with Crippen LogP contribution in [0.4, 0.5) is 0 Å². The Bertz CT molecular complexity index is 887. The first-order valence-electron chi connectivity index (χ1n) is 7.51. The van der Waals surface area contributed by atoms with Crippen molar-refractivity contribution in [1.29, 1.82) is 0 Å². The van der Waals surface area contributed by atoms with Crippen molar-refractivity contribution < 1.29 is 15.0 Å². The van der Waals surface area contributed by atoms with Gasteiger partial charge in [0.25, 0.3) is 0 Å². The molecule has 116 valence electrons. The summed E-state index contributed by atoms with van der Waals surface area (Å²) in [5, 5.41) is 20.7. The van der Waals surface area contributed by atoms with Crippen LogP contribution in [0.2, 0.25) is 0 Å². The zero-order valence-corrected chi connectivity index (χ0v) is 12.8. The van der Waals surface area contributed by atoms with Gasteiger partial charge in [-0.25, -0.2) is 0 Å². The third-order valence-electron chi connectivity index (χ3n) is 3.88. The zero-order chi connectivity index (χ0) is 16.4. The third-order valence-corrected chi connectivity index (χ3v) is 3.88. The molecule has 23 heavy (non-hydrogen) atoms. The number of hydrogen-bond donors (Lipinski definition) is 2. The summed E-state index contributed by atoms with van der Waals surface area (Å²) in [6.07, 6.45) is 0.687. The number of fused-ring (bicyclic) bond motifs is 1. The predicted octanol–water partition coefficient (Wildman–Crippen LogP) is 3.63. The van der Waals surface area contributed by atoms with Gasteiger partial charge < -0.3 is 10.2 Å². The van der Waals surface area contributed by atoms with E-state index in [2.05, 4.69) is 4.98 Å². The number of aromatic hydroxyl groups is 2. The normalized spacial score (nSPS) is 10.8. The molecule has 0 aliphatic carbocycles. The zero-order valence-electron chi connectivity index (χ0n) is 12.8. The molecule has 0 fully saturated rings. The topological polar surface area (TPSA) is 70.4 Å². The van der Waals surface area contributed by atoms with Crippen molar-refractivity contribution in [2.75, 3.05) is 0 Å². The Morgan fingerprint density at radius 1 is 1.04 bits per heavy atom. The molecular formula is C19H17NO3. The Morgan fingerprint density at radius 2 is 1.83 bits per heavy atom. The molecule has 0 aliphatic heterocycles. The van der Waals surface area contributed by atoms with Crippen molar-refractivity contribution >= 4 is 16.7 Å². The van der Waals surface area contributed by atoms with Gasteiger partial charge in [-0.3, -0.25) is 9.78 Å². The summed E-state index contributed by atoms with van der Waals surface area (Å²) in [4.78, 5) is 16.9. The number of Topliss-reactive ketones (excluding diaryl/α,β-unsaturated/α-hetero) is 1. The quantitative estimate of drug-likeness (QED) is 0.722. The van der Waals surface area contributed by atoms with Crippen LogP contribution in [0.3, 0.4) is 0 Å². The van der Waals surface area contributed by atoms with Crippen LogP contribution in [-0.4, -0.2) is 21.0 Å². The SMILES string of the molecule is CCc1cc(C(=O)Cc2ccc3ccccc3n2)c(O)cc1O. The molecule has 0 spiro atoms. The molecule has 0 atom stereocenters. The molecule has 3 aromatic rings. The van der Waals surface area contributed by atoms with Crippen molar-refractivity contribution in [3.63, 3.8) is 0 Å². The fourth-order valence-electron chi connectivity index (χ4n) is 2.60. The Hall–Kier alpha value is -2.88. The van der Waals surface area contributed by atoms with Gasteiger partial charge in [-0.05, 0) is 30.2 Å². The number of nitrogens with zero attached hydrogens (tertiary/aromatic N) is 1. The van der Waals surface area contributed by atoms with Crippen LogP contribution in [0.5, 0.6) is 11.5 Å². The number of benzene rings is 2. The summed E-state index contributed by atoms with van der Waals surface area (Å²) in [5.74, 6) is -0.421. The molecule has 4 heteroatoms. The Morgan fingerprint density at radius 3 is 2.61 bits per heavy atom. The Kier molecular flexibility index (Phi) is 3.98. The molecule has 4 nitrogen and oxygen atoms in total. The molecule has 3 rings (SSSR count). The van der Waals surface area contributed by atoms with Gasteiger partial charge in [0.2, 0.25) is 0 Å². The van der Waals surface area contributed by atoms with Gasteiger partial charge in [0.15, 0.2) is 5.78 Å². The number of hydrogen-bond acceptors (Lipinski definition) is 4. The highest BCUT2D eigenvalue weighted by Gasteiger charge is 2.16. The summed E-state index contributed by atoms with van der Waals surface area (Å²) in [6.45, 7) is 1.88. The van der Waals surface area contributed by atoms with E-state index in [1.54, 1.807) is 6.07 Å².